The number of fused-ring (bicyclic) bond motifs is 1. The summed E-state index contributed by atoms with van der Waals surface area (Å²) in [5.41, 5.74) is -0.235. The molecule has 1 heterocycles. The first-order valence-electron chi connectivity index (χ1n) is 6.51. The number of ether oxygens (including phenoxy) is 3. The molecule has 0 aromatic carbocycles. The van der Waals surface area contributed by atoms with Gasteiger partial charge in [0.05, 0.1) is 25.9 Å². The van der Waals surface area contributed by atoms with E-state index in [1.165, 1.54) is 12.0 Å². The van der Waals surface area contributed by atoms with Gasteiger partial charge in [0.2, 0.25) is 0 Å². The van der Waals surface area contributed by atoms with Gasteiger partial charge in [-0.2, -0.15) is 0 Å². The zero-order valence-corrected chi connectivity index (χ0v) is 12.0. The molecule has 0 spiro atoms. The molecule has 6 nitrogen and oxygen atoms in total. The molecule has 2 rings (SSSR count). The van der Waals surface area contributed by atoms with Crippen molar-refractivity contribution in [2.45, 2.75) is 46.1 Å². The molecule has 108 valence electrons. The standard InChI is InChI=1S/C13H21NO5/c1-6-18-10(15)7-8-9(7)19-11(13(2,3)4)14(8)12(16)17-5/h7-9,11H,6H2,1-5H3. The zero-order chi connectivity index (χ0) is 14.4. The van der Waals surface area contributed by atoms with E-state index in [-0.39, 0.29) is 35.7 Å². The van der Waals surface area contributed by atoms with Crippen molar-refractivity contribution in [1.82, 2.24) is 4.90 Å². The molecule has 2 fully saturated rings. The van der Waals surface area contributed by atoms with E-state index >= 15 is 0 Å². The van der Waals surface area contributed by atoms with Gasteiger partial charge >= 0.3 is 12.1 Å². The number of esters is 1. The van der Waals surface area contributed by atoms with Crippen LogP contribution < -0.4 is 0 Å². The molecule has 19 heavy (non-hydrogen) atoms. The van der Waals surface area contributed by atoms with Gasteiger partial charge in [0.1, 0.15) is 12.1 Å². The summed E-state index contributed by atoms with van der Waals surface area (Å²) < 4.78 is 15.6. The van der Waals surface area contributed by atoms with E-state index in [0.717, 1.165) is 0 Å². The van der Waals surface area contributed by atoms with Gasteiger partial charge in [-0.3, -0.25) is 9.69 Å². The Morgan fingerprint density at radius 2 is 1.95 bits per heavy atom. The van der Waals surface area contributed by atoms with Gasteiger partial charge in [0.25, 0.3) is 0 Å². The molecular formula is C13H21NO5. The van der Waals surface area contributed by atoms with Crippen molar-refractivity contribution in [3.63, 3.8) is 0 Å². The minimum absolute atomic E-state index is 0.235. The summed E-state index contributed by atoms with van der Waals surface area (Å²) in [4.78, 5) is 25.2. The monoisotopic (exact) mass is 271 g/mol. The molecule has 0 bridgehead atoms. The van der Waals surface area contributed by atoms with E-state index in [1.807, 2.05) is 20.8 Å². The minimum Gasteiger partial charge on any atom is -0.466 e. The van der Waals surface area contributed by atoms with Crippen LogP contribution in [0.2, 0.25) is 0 Å². The Balaban J connectivity index is 2.14. The number of carbonyl (C=O) groups excluding carboxylic acids is 2. The Morgan fingerprint density at radius 1 is 1.32 bits per heavy atom. The van der Waals surface area contributed by atoms with Crippen molar-refractivity contribution in [2.75, 3.05) is 13.7 Å². The molecule has 1 aliphatic carbocycles. The number of hydrogen-bond acceptors (Lipinski definition) is 5. The lowest BCUT2D eigenvalue weighted by Gasteiger charge is -2.35. The third-order valence-electron chi connectivity index (χ3n) is 3.46. The van der Waals surface area contributed by atoms with Crippen LogP contribution in [0.4, 0.5) is 4.79 Å². The van der Waals surface area contributed by atoms with Crippen LogP contribution in [0.3, 0.4) is 0 Å². The quantitative estimate of drug-likeness (QED) is 0.710. The predicted octanol–water partition coefficient (Wildman–Crippen LogP) is 1.39. The maximum atomic E-state index is 11.9. The van der Waals surface area contributed by atoms with E-state index in [0.29, 0.717) is 6.61 Å². The molecule has 1 amide bonds. The average molecular weight is 271 g/mol. The van der Waals surface area contributed by atoms with E-state index in [4.69, 9.17) is 14.2 Å². The lowest BCUT2D eigenvalue weighted by atomic mass is 9.93. The summed E-state index contributed by atoms with van der Waals surface area (Å²) in [6.45, 7) is 8.04. The van der Waals surface area contributed by atoms with E-state index < -0.39 is 6.09 Å². The Kier molecular flexibility index (Phi) is 3.47. The van der Waals surface area contributed by atoms with Gasteiger partial charge in [-0.15, -0.1) is 0 Å². The number of carbonyl (C=O) groups is 2. The largest absolute Gasteiger partial charge is 0.466 e. The number of methoxy groups -OCH3 is 1. The highest BCUT2D eigenvalue weighted by atomic mass is 16.6. The average Bonchev–Trinajstić information content (AvgIpc) is 2.88. The summed E-state index contributed by atoms with van der Waals surface area (Å²) in [5.74, 6) is -0.684. The summed E-state index contributed by atoms with van der Waals surface area (Å²) in [6.07, 6.45) is -1.10. The van der Waals surface area contributed by atoms with Crippen LogP contribution in [0.15, 0.2) is 0 Å². The van der Waals surface area contributed by atoms with Gasteiger partial charge in [-0.1, -0.05) is 20.8 Å². The smallest absolute Gasteiger partial charge is 0.411 e. The summed E-state index contributed by atoms with van der Waals surface area (Å²) in [5, 5.41) is 0. The lowest BCUT2D eigenvalue weighted by molar-refractivity contribution is -0.151. The Hall–Kier alpha value is -1.30. The van der Waals surface area contributed by atoms with Crippen LogP contribution in [0.1, 0.15) is 27.7 Å². The van der Waals surface area contributed by atoms with E-state index in [9.17, 15) is 9.59 Å². The van der Waals surface area contributed by atoms with Crippen molar-refractivity contribution in [3.8, 4) is 0 Å². The third kappa shape index (κ3) is 2.29. The van der Waals surface area contributed by atoms with Gasteiger partial charge in [0.15, 0.2) is 0 Å². The van der Waals surface area contributed by atoms with Crippen molar-refractivity contribution in [3.05, 3.63) is 0 Å². The second kappa shape index (κ2) is 4.67. The molecule has 0 N–H and O–H groups in total. The fourth-order valence-corrected chi connectivity index (χ4v) is 2.59. The number of amides is 1. The molecule has 1 aliphatic heterocycles. The Labute approximate surface area is 113 Å². The normalized spacial score (nSPS) is 32.8. The van der Waals surface area contributed by atoms with Gasteiger partial charge < -0.3 is 14.2 Å². The zero-order valence-electron chi connectivity index (χ0n) is 12.0. The second-order valence-corrected chi connectivity index (χ2v) is 5.96. The second-order valence-electron chi connectivity index (χ2n) is 5.96. The van der Waals surface area contributed by atoms with Crippen molar-refractivity contribution >= 4 is 12.1 Å². The molecule has 0 radical (unpaired) electrons. The first-order valence-corrected chi connectivity index (χ1v) is 6.51. The SMILES string of the molecule is CCOC(=O)C1C2OC(C(C)(C)C)N(C(=O)OC)C21. The fourth-order valence-electron chi connectivity index (χ4n) is 2.59. The molecule has 1 saturated carbocycles. The lowest BCUT2D eigenvalue weighted by Crippen LogP contribution is -2.48. The van der Waals surface area contributed by atoms with Gasteiger partial charge in [0, 0.05) is 5.41 Å². The molecule has 0 aromatic rings. The highest BCUT2D eigenvalue weighted by Gasteiger charge is 2.69. The maximum absolute atomic E-state index is 11.9. The topological polar surface area (TPSA) is 65.1 Å². The maximum Gasteiger partial charge on any atom is 0.411 e. The van der Waals surface area contributed by atoms with Crippen LogP contribution in [0.5, 0.6) is 0 Å². The van der Waals surface area contributed by atoms with Crippen molar-refractivity contribution in [1.29, 1.82) is 0 Å². The van der Waals surface area contributed by atoms with Crippen molar-refractivity contribution in [2.24, 2.45) is 11.3 Å². The number of nitrogens with zero attached hydrogens (tertiary/aromatic N) is 1. The van der Waals surface area contributed by atoms with Crippen LogP contribution in [-0.2, 0) is 19.0 Å². The van der Waals surface area contributed by atoms with Crippen LogP contribution in [-0.4, -0.2) is 49.1 Å². The first-order chi connectivity index (χ1) is 8.82. The van der Waals surface area contributed by atoms with Crippen molar-refractivity contribution < 1.29 is 23.8 Å². The van der Waals surface area contributed by atoms with Crippen LogP contribution in [0, 0.1) is 11.3 Å². The summed E-state index contributed by atoms with van der Waals surface area (Å²) >= 11 is 0. The van der Waals surface area contributed by atoms with Gasteiger partial charge in [-0.25, -0.2) is 4.79 Å². The minimum atomic E-state index is -0.459. The van der Waals surface area contributed by atoms with E-state index in [1.54, 1.807) is 6.92 Å². The van der Waals surface area contributed by atoms with Crippen LogP contribution in [0.25, 0.3) is 0 Å². The Bertz CT molecular complexity index is 389. The number of rotatable bonds is 2. The molecular weight excluding hydrogens is 250 g/mol. The first kappa shape index (κ1) is 14.1. The Morgan fingerprint density at radius 3 is 2.42 bits per heavy atom. The fraction of sp³-hybridized carbons (Fsp3) is 0.846. The highest BCUT2D eigenvalue weighted by molar-refractivity contribution is 5.81. The molecule has 1 saturated heterocycles. The molecule has 2 aliphatic rings. The molecule has 4 atom stereocenters. The van der Waals surface area contributed by atoms with E-state index in [2.05, 4.69) is 0 Å². The highest BCUT2D eigenvalue weighted by Crippen LogP contribution is 2.51. The molecule has 4 unspecified atom stereocenters. The summed E-state index contributed by atoms with van der Waals surface area (Å²) in [6, 6.07) is -0.254. The number of hydrogen-bond donors (Lipinski definition) is 0. The molecule has 0 aromatic heterocycles. The van der Waals surface area contributed by atoms with Crippen LogP contribution >= 0.6 is 0 Å². The molecule has 6 heteroatoms. The third-order valence-corrected chi connectivity index (χ3v) is 3.46. The summed E-state index contributed by atoms with van der Waals surface area (Å²) in [7, 11) is 1.33. The predicted molar refractivity (Wildman–Crippen MR) is 66.3 cm³/mol. The van der Waals surface area contributed by atoms with Gasteiger partial charge in [-0.05, 0) is 6.92 Å².